The summed E-state index contributed by atoms with van der Waals surface area (Å²) >= 11 is 0. The van der Waals surface area contributed by atoms with Gasteiger partial charge in [-0.05, 0) is 87.6 Å². The number of carbonyl (C=O) groups is 1. The van der Waals surface area contributed by atoms with E-state index in [9.17, 15) is 14.0 Å². The first kappa shape index (κ1) is 39.2. The number of unbranched alkanes of at least 4 members (excludes halogenated alkanes) is 2. The Hall–Kier alpha value is -5.05. The molecule has 2 aromatic carbocycles. The van der Waals surface area contributed by atoms with E-state index in [1.807, 2.05) is 37.4 Å². The quantitative estimate of drug-likeness (QED) is 0.0670. The normalized spacial score (nSPS) is 14.2. The van der Waals surface area contributed by atoms with E-state index in [0.717, 1.165) is 93.4 Å². The number of rotatable bonds is 20. The first-order valence-electron chi connectivity index (χ1n) is 19.3. The zero-order valence-corrected chi connectivity index (χ0v) is 31.5. The minimum atomic E-state index is -0.246. The fourth-order valence-electron chi connectivity index (χ4n) is 6.81. The van der Waals surface area contributed by atoms with Gasteiger partial charge in [-0.1, -0.05) is 79.8 Å². The molecule has 0 spiro atoms. The second-order valence-electron chi connectivity index (χ2n) is 13.7. The molecule has 0 atom stereocenters. The van der Waals surface area contributed by atoms with Gasteiger partial charge in [0.15, 0.2) is 0 Å². The third-order valence-corrected chi connectivity index (χ3v) is 9.82. The van der Waals surface area contributed by atoms with Gasteiger partial charge >= 0.3 is 0 Å². The first-order chi connectivity index (χ1) is 25.9. The maximum atomic E-state index is 13.6. The molecule has 0 saturated carbocycles. The Balaban J connectivity index is 1.07. The summed E-state index contributed by atoms with van der Waals surface area (Å²) in [7, 11) is 2.00. The number of hydrogen-bond donors (Lipinski definition) is 0. The predicted octanol–water partition coefficient (Wildman–Crippen LogP) is 9.21. The molecule has 0 unspecified atom stereocenters. The smallest absolute Gasteiger partial charge is 0.254 e. The Kier molecular flexibility index (Phi) is 15.4. The second kappa shape index (κ2) is 20.9. The number of halogens is 1. The number of imidazole rings is 1. The van der Waals surface area contributed by atoms with Crippen LogP contribution in [0.25, 0.3) is 11.0 Å². The molecule has 280 valence electrons. The van der Waals surface area contributed by atoms with Gasteiger partial charge in [-0.25, -0.2) is 14.4 Å². The topological polar surface area (TPSA) is 76.3 Å². The summed E-state index contributed by atoms with van der Waals surface area (Å²) in [5.41, 5.74) is 2.85. The highest BCUT2D eigenvalue weighted by atomic mass is 19.1. The summed E-state index contributed by atoms with van der Waals surface area (Å²) in [5.74, 6) is 1.44. The molecular weight excluding hydrogens is 664 g/mol. The largest absolute Gasteiger partial charge is 0.342 e. The van der Waals surface area contributed by atoms with Crippen LogP contribution in [0.2, 0.25) is 0 Å². The van der Waals surface area contributed by atoms with Crippen molar-refractivity contribution in [1.29, 1.82) is 0 Å². The van der Waals surface area contributed by atoms with Gasteiger partial charge in [-0.2, -0.15) is 0 Å². The summed E-state index contributed by atoms with van der Waals surface area (Å²) in [6, 6.07) is 16.4. The van der Waals surface area contributed by atoms with Crippen molar-refractivity contribution >= 4 is 28.7 Å². The Labute approximate surface area is 314 Å². The number of para-hydroxylation sites is 2. The maximum absolute atomic E-state index is 13.6. The molecule has 5 rings (SSSR count). The van der Waals surface area contributed by atoms with Gasteiger partial charge < -0.3 is 14.4 Å². The minimum absolute atomic E-state index is 0.138. The molecule has 1 saturated heterocycles. The van der Waals surface area contributed by atoms with Crippen LogP contribution < -0.4 is 15.4 Å². The van der Waals surface area contributed by atoms with Gasteiger partial charge in [-0.15, -0.1) is 0 Å². The molecular formula is C44H55FN6O2. The summed E-state index contributed by atoms with van der Waals surface area (Å²) in [6.45, 7) is 4.65. The SMILES string of the molecule is CC/C=C\C/C=C\C/C=C\C/C=C\CCCCC(=O)CCn1c(N(C)C2CCN(c3nc4ccccc4n3Cc3ccc(F)cc3)CC2)nccc1=O. The van der Waals surface area contributed by atoms with Crippen LogP contribution in [0.5, 0.6) is 0 Å². The summed E-state index contributed by atoms with van der Waals surface area (Å²) in [4.78, 5) is 39.9. The van der Waals surface area contributed by atoms with Gasteiger partial charge in [-0.3, -0.25) is 14.2 Å². The summed E-state index contributed by atoms with van der Waals surface area (Å²) < 4.78 is 17.5. The average molecular weight is 719 g/mol. The van der Waals surface area contributed by atoms with Gasteiger partial charge in [0.25, 0.3) is 5.56 Å². The number of aromatic nitrogens is 4. The van der Waals surface area contributed by atoms with Gasteiger partial charge in [0.1, 0.15) is 11.6 Å². The van der Waals surface area contributed by atoms with E-state index in [0.29, 0.717) is 31.9 Å². The lowest BCUT2D eigenvalue weighted by Crippen LogP contribution is -2.46. The third-order valence-electron chi connectivity index (χ3n) is 9.82. The standard InChI is InChI=1S/C44H55FN6O2/c1-3-4-5-6-7-8-9-10-11-12-13-14-15-16-17-20-39(52)30-34-50-42(53)27-31-46-43(50)48(2)38-28-32-49(33-29-38)44-47-40-21-18-19-22-41(40)51(44)35-36-23-25-37(45)26-24-36/h4-5,7-8,10-11,13-14,18-19,21-27,31,38H,3,6,9,12,15-17,20,28-30,32-35H2,1-2H3/b5-4-,8-7-,11-10-,14-13-. The molecule has 1 aliphatic heterocycles. The summed E-state index contributed by atoms with van der Waals surface area (Å²) in [5, 5.41) is 0. The van der Waals surface area contributed by atoms with Crippen LogP contribution in [0.4, 0.5) is 16.3 Å². The predicted molar refractivity (Wildman–Crippen MR) is 216 cm³/mol. The van der Waals surface area contributed by atoms with E-state index < -0.39 is 0 Å². The molecule has 9 heteroatoms. The van der Waals surface area contributed by atoms with Crippen molar-refractivity contribution in [2.75, 3.05) is 29.9 Å². The maximum Gasteiger partial charge on any atom is 0.254 e. The number of hydrogen-bond acceptors (Lipinski definition) is 6. The lowest BCUT2D eigenvalue weighted by Gasteiger charge is -2.38. The van der Waals surface area contributed by atoms with Crippen molar-refractivity contribution in [3.05, 3.63) is 131 Å². The molecule has 0 radical (unpaired) electrons. The van der Waals surface area contributed by atoms with E-state index in [1.54, 1.807) is 10.8 Å². The van der Waals surface area contributed by atoms with E-state index >= 15 is 0 Å². The number of fused-ring (bicyclic) bond motifs is 1. The Morgan fingerprint density at radius 3 is 2.25 bits per heavy atom. The molecule has 2 aromatic heterocycles. The van der Waals surface area contributed by atoms with E-state index in [1.165, 1.54) is 18.2 Å². The zero-order valence-electron chi connectivity index (χ0n) is 31.5. The highest BCUT2D eigenvalue weighted by molar-refractivity contribution is 5.79. The fourth-order valence-corrected chi connectivity index (χ4v) is 6.81. The van der Waals surface area contributed by atoms with Crippen molar-refractivity contribution in [1.82, 2.24) is 19.1 Å². The van der Waals surface area contributed by atoms with Crippen LogP contribution in [0.15, 0.2) is 114 Å². The molecule has 3 heterocycles. The molecule has 0 N–H and O–H groups in total. The van der Waals surface area contributed by atoms with Crippen LogP contribution in [0, 0.1) is 5.82 Å². The van der Waals surface area contributed by atoms with Crippen LogP contribution >= 0.6 is 0 Å². The van der Waals surface area contributed by atoms with Gasteiger partial charge in [0, 0.05) is 57.8 Å². The number of allylic oxidation sites excluding steroid dienone is 8. The van der Waals surface area contributed by atoms with Crippen molar-refractivity contribution in [2.24, 2.45) is 0 Å². The number of anilines is 2. The number of carbonyl (C=O) groups excluding carboxylic acids is 1. The van der Waals surface area contributed by atoms with Crippen LogP contribution in [-0.2, 0) is 17.9 Å². The Morgan fingerprint density at radius 2 is 1.53 bits per heavy atom. The molecule has 1 fully saturated rings. The van der Waals surface area contributed by atoms with Gasteiger partial charge in [0.2, 0.25) is 11.9 Å². The lowest BCUT2D eigenvalue weighted by atomic mass is 10.0. The van der Waals surface area contributed by atoms with Crippen LogP contribution in [0.1, 0.15) is 83.1 Å². The Bertz CT molecular complexity index is 1910. The monoisotopic (exact) mass is 718 g/mol. The fraction of sp³-hybridized carbons (Fsp3) is 0.409. The molecule has 0 aliphatic carbocycles. The lowest BCUT2D eigenvalue weighted by molar-refractivity contribution is -0.119. The zero-order chi connectivity index (χ0) is 37.3. The van der Waals surface area contributed by atoms with E-state index in [2.05, 4.69) is 80.9 Å². The Morgan fingerprint density at radius 1 is 0.849 bits per heavy atom. The summed E-state index contributed by atoms with van der Waals surface area (Å²) in [6.07, 6.45) is 28.5. The van der Waals surface area contributed by atoms with Crippen LogP contribution in [-0.4, -0.2) is 51.1 Å². The number of benzene rings is 2. The van der Waals surface area contributed by atoms with Crippen molar-refractivity contribution < 1.29 is 9.18 Å². The van der Waals surface area contributed by atoms with Gasteiger partial charge in [0.05, 0.1) is 17.6 Å². The van der Waals surface area contributed by atoms with Crippen molar-refractivity contribution in [3.8, 4) is 0 Å². The number of nitrogens with zero attached hydrogens (tertiary/aromatic N) is 6. The molecule has 0 bridgehead atoms. The van der Waals surface area contributed by atoms with E-state index in [-0.39, 0.29) is 23.2 Å². The van der Waals surface area contributed by atoms with Crippen molar-refractivity contribution in [2.45, 2.75) is 96.7 Å². The molecule has 0 amide bonds. The number of piperidine rings is 1. The third kappa shape index (κ3) is 11.7. The second-order valence-corrected chi connectivity index (χ2v) is 13.7. The molecule has 4 aromatic rings. The molecule has 8 nitrogen and oxygen atoms in total. The first-order valence-corrected chi connectivity index (χ1v) is 19.3. The average Bonchev–Trinajstić information content (AvgIpc) is 3.54. The number of Topliss-reactive ketones (excluding diaryl/α,β-unsaturated/α-hetero) is 1. The highest BCUT2D eigenvalue weighted by Gasteiger charge is 2.28. The molecule has 1 aliphatic rings. The van der Waals surface area contributed by atoms with Crippen LogP contribution in [0.3, 0.4) is 0 Å². The molecule has 53 heavy (non-hydrogen) atoms. The highest BCUT2D eigenvalue weighted by Crippen LogP contribution is 2.28. The van der Waals surface area contributed by atoms with E-state index in [4.69, 9.17) is 4.98 Å². The number of ketones is 1. The van der Waals surface area contributed by atoms with Crippen molar-refractivity contribution in [3.63, 3.8) is 0 Å². The minimum Gasteiger partial charge on any atom is -0.342 e.